The summed E-state index contributed by atoms with van der Waals surface area (Å²) in [5, 5.41) is 34.9. The van der Waals surface area contributed by atoms with Gasteiger partial charge < -0.3 is 15.2 Å². The first-order chi connectivity index (χ1) is 28.8. The average Bonchev–Trinajstić information content (AvgIpc) is 3.71. The zero-order chi connectivity index (χ0) is 44.1. The molecule has 61 heavy (non-hydrogen) atoms. The Balaban J connectivity index is 1.36. The minimum Gasteiger partial charge on any atom is -0.493 e. The molecule has 0 atom stereocenters. The Morgan fingerprint density at radius 3 is 1.85 bits per heavy atom. The quantitative estimate of drug-likeness (QED) is 0.0168. The molecule has 2 heterocycles. The van der Waals surface area contributed by atoms with Crippen LogP contribution < -0.4 is 10.3 Å². The van der Waals surface area contributed by atoms with Gasteiger partial charge in [0.2, 0.25) is 5.88 Å². The van der Waals surface area contributed by atoms with Crippen LogP contribution in [0.25, 0.3) is 11.8 Å². The second-order valence-electron chi connectivity index (χ2n) is 11.9. The predicted molar refractivity (Wildman–Crippen MR) is 214 cm³/mol. The molecule has 0 bridgehead atoms. The van der Waals surface area contributed by atoms with Gasteiger partial charge in [0.25, 0.3) is 48.1 Å². The fourth-order valence-corrected chi connectivity index (χ4v) is 6.96. The summed E-state index contributed by atoms with van der Waals surface area (Å²) in [4.78, 5) is 30.6. The summed E-state index contributed by atoms with van der Waals surface area (Å²) < 4.78 is 108. The molecule has 2 amide bonds. The molecule has 0 saturated carbocycles. The third-order valence-corrected chi connectivity index (χ3v) is 11.2. The minimum absolute atomic E-state index is 0.0269. The SMILES string of the molecule is O=C(Nc1ccc(S(=O)(=O)O)cc1)c1nn(-c2ccc(S(=O)(=O)O)cc2)c(O)c1C=CC=C1C(=O)N(c2ccc(S(=O)(=O)O)cc2)N=C1OC=Nc1ccc(SOOO)cc1. The molecule has 0 fully saturated rings. The zero-order valence-electron chi connectivity index (χ0n) is 30.1. The van der Waals surface area contributed by atoms with Crippen LogP contribution in [0.2, 0.25) is 0 Å². The molecule has 0 spiro atoms. The van der Waals surface area contributed by atoms with Crippen molar-refractivity contribution >= 4 is 89.6 Å². The molecule has 6 N–H and O–H groups in total. The number of carbonyl (C=O) groups is 2. The maximum Gasteiger partial charge on any atom is 0.294 e. The number of benzene rings is 4. The van der Waals surface area contributed by atoms with Crippen LogP contribution in [-0.2, 0) is 49.3 Å². The van der Waals surface area contributed by atoms with Gasteiger partial charge in [-0.3, -0.25) is 23.2 Å². The molecule has 5 aromatic rings. The Labute approximate surface area is 348 Å². The third-order valence-electron chi connectivity index (χ3n) is 8.01. The highest BCUT2D eigenvalue weighted by molar-refractivity contribution is 7.94. The van der Waals surface area contributed by atoms with E-state index in [1.165, 1.54) is 54.6 Å². The summed E-state index contributed by atoms with van der Waals surface area (Å²) in [5.41, 5.74) is -0.451. The lowest BCUT2D eigenvalue weighted by Crippen LogP contribution is -2.21. The molecule has 0 unspecified atom stereocenters. The molecule has 0 saturated heterocycles. The first kappa shape index (κ1) is 44.0. The van der Waals surface area contributed by atoms with Crippen LogP contribution >= 0.6 is 12.0 Å². The summed E-state index contributed by atoms with van der Waals surface area (Å²) in [7, 11) is -13.7. The summed E-state index contributed by atoms with van der Waals surface area (Å²) in [6, 6.07) is 19.4. The largest absolute Gasteiger partial charge is 0.493 e. The van der Waals surface area contributed by atoms with E-state index in [-0.39, 0.29) is 34.1 Å². The van der Waals surface area contributed by atoms with Crippen LogP contribution in [0.3, 0.4) is 0 Å². The number of aromatic nitrogens is 2. The molecular weight excluding hydrogens is 889 g/mol. The average molecular weight is 915 g/mol. The minimum atomic E-state index is -4.60. The van der Waals surface area contributed by atoms with E-state index < -0.39 is 68.4 Å². The van der Waals surface area contributed by atoms with Crippen molar-refractivity contribution in [3.8, 4) is 11.6 Å². The Morgan fingerprint density at radius 2 is 1.31 bits per heavy atom. The van der Waals surface area contributed by atoms with E-state index in [0.717, 1.165) is 52.5 Å². The number of hydrogen-bond donors (Lipinski definition) is 6. The number of anilines is 2. The van der Waals surface area contributed by atoms with Crippen molar-refractivity contribution in [2.45, 2.75) is 19.6 Å². The second-order valence-corrected chi connectivity index (χ2v) is 17.0. The van der Waals surface area contributed by atoms with Gasteiger partial charge in [-0.1, -0.05) is 11.1 Å². The smallest absolute Gasteiger partial charge is 0.294 e. The van der Waals surface area contributed by atoms with Gasteiger partial charge in [-0.2, -0.15) is 40.0 Å². The molecule has 26 heteroatoms. The van der Waals surface area contributed by atoms with E-state index in [2.05, 4.69) is 29.9 Å². The second kappa shape index (κ2) is 17.9. The number of rotatable bonds is 14. The molecule has 316 valence electrons. The molecule has 6 rings (SSSR count). The van der Waals surface area contributed by atoms with Crippen molar-refractivity contribution in [1.29, 1.82) is 0 Å². The Kier molecular flexibility index (Phi) is 12.9. The van der Waals surface area contributed by atoms with E-state index in [9.17, 15) is 53.6 Å². The topological polar surface area (TPSA) is 323 Å². The lowest BCUT2D eigenvalue weighted by atomic mass is 10.1. The van der Waals surface area contributed by atoms with Gasteiger partial charge in [0, 0.05) is 10.6 Å². The Bertz CT molecular complexity index is 2950. The van der Waals surface area contributed by atoms with E-state index in [4.69, 9.17) is 9.99 Å². The number of aromatic hydroxyl groups is 1. The van der Waals surface area contributed by atoms with Crippen LogP contribution in [0.15, 0.2) is 144 Å². The molecule has 4 aromatic carbocycles. The van der Waals surface area contributed by atoms with E-state index in [1.807, 2.05) is 0 Å². The Hall–Kier alpha value is -6.59. The maximum absolute atomic E-state index is 13.7. The van der Waals surface area contributed by atoms with Crippen molar-refractivity contribution in [1.82, 2.24) is 9.78 Å². The molecule has 1 aliphatic heterocycles. The number of amides is 2. The zero-order valence-corrected chi connectivity index (χ0v) is 33.4. The van der Waals surface area contributed by atoms with Crippen LogP contribution in [0, 0.1) is 0 Å². The number of allylic oxidation sites excluding steroid dienone is 2. The van der Waals surface area contributed by atoms with E-state index in [0.29, 0.717) is 22.6 Å². The van der Waals surface area contributed by atoms with Gasteiger partial charge >= 0.3 is 0 Å². The van der Waals surface area contributed by atoms with Crippen LogP contribution in [0.5, 0.6) is 5.88 Å². The van der Waals surface area contributed by atoms with Gasteiger partial charge in [0.1, 0.15) is 5.57 Å². The van der Waals surface area contributed by atoms with Gasteiger partial charge in [-0.25, -0.2) is 10.2 Å². The highest BCUT2D eigenvalue weighted by Crippen LogP contribution is 2.30. The fraction of sp³-hybridized carbons (Fsp3) is 0. The molecule has 0 radical (unpaired) electrons. The monoisotopic (exact) mass is 914 g/mol. The first-order valence-corrected chi connectivity index (χ1v) is 21.5. The van der Waals surface area contributed by atoms with Gasteiger partial charge in [-0.15, -0.1) is 9.44 Å². The highest BCUT2D eigenvalue weighted by Gasteiger charge is 2.33. The number of nitrogens with zero attached hydrogens (tertiary/aromatic N) is 5. The lowest BCUT2D eigenvalue weighted by Gasteiger charge is -2.11. The summed E-state index contributed by atoms with van der Waals surface area (Å²) >= 11 is 0.710. The molecule has 1 aromatic heterocycles. The molecule has 0 aliphatic carbocycles. The van der Waals surface area contributed by atoms with Crippen molar-refractivity contribution in [2.75, 3.05) is 10.3 Å². The van der Waals surface area contributed by atoms with Crippen molar-refractivity contribution in [3.05, 3.63) is 126 Å². The Morgan fingerprint density at radius 1 is 0.770 bits per heavy atom. The van der Waals surface area contributed by atoms with Gasteiger partial charge in [0.15, 0.2) is 12.1 Å². The number of nitrogens with one attached hydrogen (secondary N) is 1. The van der Waals surface area contributed by atoms with E-state index >= 15 is 0 Å². The number of hydrazone groups is 1. The third kappa shape index (κ3) is 10.6. The lowest BCUT2D eigenvalue weighted by molar-refractivity contribution is -0.432. The summed E-state index contributed by atoms with van der Waals surface area (Å²) in [5.74, 6) is -2.76. The maximum atomic E-state index is 13.7. The predicted octanol–water partition coefficient (Wildman–Crippen LogP) is 4.68. The summed E-state index contributed by atoms with van der Waals surface area (Å²) in [6.07, 6.45) is 4.52. The van der Waals surface area contributed by atoms with Crippen molar-refractivity contribution in [3.63, 3.8) is 0 Å². The highest BCUT2D eigenvalue weighted by atomic mass is 32.2. The van der Waals surface area contributed by atoms with Crippen molar-refractivity contribution in [2.24, 2.45) is 10.1 Å². The van der Waals surface area contributed by atoms with Crippen LogP contribution in [0.4, 0.5) is 17.1 Å². The summed E-state index contributed by atoms with van der Waals surface area (Å²) in [6.45, 7) is 0. The van der Waals surface area contributed by atoms with Crippen LogP contribution in [-0.4, -0.2) is 83.2 Å². The first-order valence-electron chi connectivity index (χ1n) is 16.5. The van der Waals surface area contributed by atoms with E-state index in [1.54, 1.807) is 24.3 Å². The standard InChI is InChI=1S/C35H26N6O16S4/c42-32(37-22-6-14-26(15-7-22)59(46,47)48)31-29(34(43)40(38-31)23-8-16-27(17-9-23)60(49,50)51)2-1-3-30-33(55-20-36-21-4-12-25(13-5-21)58-57-56-45)39-41(35(30)44)24-10-18-28(19-11-24)61(52,53)54/h1-20,43,45H,(H,37,42)(H,46,47,48)(H,49,50,51)(H,52,53,54). The van der Waals surface area contributed by atoms with Crippen LogP contribution in [0.1, 0.15) is 16.1 Å². The number of hydrogen-bond acceptors (Lipinski definition) is 17. The molecule has 22 nitrogen and oxygen atoms in total. The number of aliphatic imine (C=N–C) groups is 1. The van der Waals surface area contributed by atoms with Gasteiger partial charge in [0.05, 0.1) is 49.4 Å². The molecular formula is C35H26N6O16S4. The number of carbonyl (C=O) groups excluding carboxylic acids is 2. The van der Waals surface area contributed by atoms with Gasteiger partial charge in [-0.05, 0) is 109 Å². The molecule has 1 aliphatic rings. The number of ether oxygens (including phenoxy) is 1. The fourth-order valence-electron chi connectivity index (χ4n) is 5.16. The normalized spacial score (nSPS) is 14.3. The van der Waals surface area contributed by atoms with Crippen molar-refractivity contribution < 1.29 is 73.0 Å².